The molecule has 1 heterocycles. The first-order valence-electron chi connectivity index (χ1n) is 9.63. The molecule has 0 spiro atoms. The third-order valence-corrected chi connectivity index (χ3v) is 5.03. The van der Waals surface area contributed by atoms with E-state index in [4.69, 9.17) is 0 Å². The normalized spacial score (nSPS) is 11.5. The van der Waals surface area contributed by atoms with Gasteiger partial charge in [0, 0.05) is 32.3 Å². The molecule has 1 aromatic heterocycles. The van der Waals surface area contributed by atoms with Crippen LogP contribution >= 0.6 is 0 Å². The number of benzene rings is 1. The van der Waals surface area contributed by atoms with Crippen molar-refractivity contribution < 1.29 is 22.8 Å². The molecule has 0 aliphatic carbocycles. The Morgan fingerprint density at radius 3 is 2.43 bits per heavy atom. The van der Waals surface area contributed by atoms with E-state index in [1.165, 1.54) is 11.9 Å². The van der Waals surface area contributed by atoms with Gasteiger partial charge in [-0.2, -0.15) is 18.3 Å². The van der Waals surface area contributed by atoms with Crippen LogP contribution in [0.2, 0.25) is 0 Å². The van der Waals surface area contributed by atoms with Crippen LogP contribution in [0.4, 0.5) is 13.2 Å². The van der Waals surface area contributed by atoms with Gasteiger partial charge in [-0.3, -0.25) is 9.59 Å². The van der Waals surface area contributed by atoms with Crippen molar-refractivity contribution in [3.8, 4) is 5.69 Å². The maximum atomic E-state index is 12.3. The Morgan fingerprint density at radius 1 is 1.17 bits per heavy atom. The molecule has 0 bridgehead atoms. The first kappa shape index (κ1) is 23.4. The molecule has 0 saturated heterocycles. The second kappa shape index (κ2) is 9.32. The summed E-state index contributed by atoms with van der Waals surface area (Å²) in [6.07, 6.45) is -4.25. The predicted molar refractivity (Wildman–Crippen MR) is 108 cm³/mol. The van der Waals surface area contributed by atoms with E-state index in [9.17, 15) is 22.8 Å². The number of amides is 2. The Bertz CT molecular complexity index is 935. The summed E-state index contributed by atoms with van der Waals surface area (Å²) in [5.74, 6) is -2.22. The van der Waals surface area contributed by atoms with Crippen LogP contribution in [-0.2, 0) is 16.0 Å². The number of aromatic nitrogens is 2. The summed E-state index contributed by atoms with van der Waals surface area (Å²) in [4.78, 5) is 24.5. The lowest BCUT2D eigenvalue weighted by Gasteiger charge is -2.18. The van der Waals surface area contributed by atoms with Crippen molar-refractivity contribution in [3.05, 3.63) is 46.3 Å². The maximum Gasteiger partial charge on any atom is 0.471 e. The summed E-state index contributed by atoms with van der Waals surface area (Å²) < 4.78 is 38.4. The fourth-order valence-electron chi connectivity index (χ4n) is 3.30. The van der Waals surface area contributed by atoms with E-state index in [-0.39, 0.29) is 25.4 Å². The highest BCUT2D eigenvalue weighted by Gasteiger charge is 2.38. The lowest BCUT2D eigenvalue weighted by molar-refractivity contribution is -0.173. The Balaban J connectivity index is 1.98. The average Bonchev–Trinajstić information content (AvgIpc) is 2.92. The number of likely N-dealkylation sites (N-methyl/N-ethyl adjacent to an activating group) is 1. The number of carbonyl (C=O) groups is 2. The van der Waals surface area contributed by atoms with Crippen molar-refractivity contribution in [3.63, 3.8) is 0 Å². The Morgan fingerprint density at radius 2 is 1.83 bits per heavy atom. The van der Waals surface area contributed by atoms with Gasteiger partial charge in [-0.1, -0.05) is 17.7 Å². The molecule has 0 unspecified atom stereocenters. The summed E-state index contributed by atoms with van der Waals surface area (Å²) >= 11 is 0. The average molecular weight is 424 g/mol. The minimum Gasteiger partial charge on any atom is -0.347 e. The number of nitrogens with one attached hydrogen (secondary N) is 1. The van der Waals surface area contributed by atoms with Crippen molar-refractivity contribution in [1.82, 2.24) is 20.0 Å². The number of hydrogen-bond donors (Lipinski definition) is 1. The first-order valence-corrected chi connectivity index (χ1v) is 9.63. The van der Waals surface area contributed by atoms with Crippen LogP contribution in [0.3, 0.4) is 0 Å². The van der Waals surface area contributed by atoms with Crippen molar-refractivity contribution in [2.45, 2.75) is 46.7 Å². The van der Waals surface area contributed by atoms with Gasteiger partial charge in [-0.05, 0) is 51.3 Å². The van der Waals surface area contributed by atoms with Crippen LogP contribution < -0.4 is 5.32 Å². The van der Waals surface area contributed by atoms with Gasteiger partial charge < -0.3 is 10.2 Å². The zero-order chi connectivity index (χ0) is 22.6. The van der Waals surface area contributed by atoms with Gasteiger partial charge in [-0.25, -0.2) is 4.68 Å². The number of carbonyl (C=O) groups excluding carboxylic acids is 2. The van der Waals surface area contributed by atoms with Gasteiger partial charge in [0.2, 0.25) is 5.91 Å². The lowest BCUT2D eigenvalue weighted by atomic mass is 10.1. The van der Waals surface area contributed by atoms with Crippen molar-refractivity contribution in [2.24, 2.45) is 0 Å². The van der Waals surface area contributed by atoms with E-state index in [2.05, 4.69) is 11.2 Å². The monoisotopic (exact) mass is 424 g/mol. The molecule has 2 rings (SSSR count). The SMILES string of the molecule is Cc1ccc(-n2nc(C)c(CCC(=O)N(C)CCNC(=O)C(F)(F)F)c2C)c(C)c1. The molecule has 1 aromatic carbocycles. The van der Waals surface area contributed by atoms with Gasteiger partial charge in [-0.15, -0.1) is 0 Å². The smallest absolute Gasteiger partial charge is 0.347 e. The summed E-state index contributed by atoms with van der Waals surface area (Å²) in [6.45, 7) is 7.64. The Hall–Kier alpha value is -2.84. The van der Waals surface area contributed by atoms with Gasteiger partial charge in [0.05, 0.1) is 11.4 Å². The zero-order valence-corrected chi connectivity index (χ0v) is 17.9. The molecule has 0 radical (unpaired) electrons. The van der Waals surface area contributed by atoms with Gasteiger partial charge >= 0.3 is 12.1 Å². The lowest BCUT2D eigenvalue weighted by Crippen LogP contribution is -2.41. The van der Waals surface area contributed by atoms with Crippen molar-refractivity contribution >= 4 is 11.8 Å². The van der Waals surface area contributed by atoms with Crippen LogP contribution in [0.5, 0.6) is 0 Å². The molecule has 0 atom stereocenters. The van der Waals surface area contributed by atoms with E-state index < -0.39 is 12.1 Å². The first-order chi connectivity index (χ1) is 13.9. The quantitative estimate of drug-likeness (QED) is 0.743. The third kappa shape index (κ3) is 5.61. The zero-order valence-electron chi connectivity index (χ0n) is 17.9. The molecule has 9 heteroatoms. The molecule has 2 amide bonds. The van der Waals surface area contributed by atoms with Crippen LogP contribution in [-0.4, -0.2) is 52.8 Å². The van der Waals surface area contributed by atoms with Crippen LogP contribution in [0.15, 0.2) is 18.2 Å². The molecule has 0 saturated carbocycles. The Labute approximate surface area is 174 Å². The highest BCUT2D eigenvalue weighted by Crippen LogP contribution is 2.22. The maximum absolute atomic E-state index is 12.3. The van der Waals surface area contributed by atoms with Crippen LogP contribution in [0.1, 0.15) is 34.5 Å². The summed E-state index contributed by atoms with van der Waals surface area (Å²) in [7, 11) is 1.50. The standard InChI is InChI=1S/C21H27F3N4O2/c1-13-6-8-18(14(2)12-13)28-16(4)17(15(3)26-28)7-9-19(29)27(5)11-10-25-20(30)21(22,23)24/h6,8,12H,7,9-11H2,1-5H3,(H,25,30). The fourth-order valence-corrected chi connectivity index (χ4v) is 3.30. The van der Waals surface area contributed by atoms with E-state index in [0.29, 0.717) is 6.42 Å². The fraction of sp³-hybridized carbons (Fsp3) is 0.476. The molecule has 0 aliphatic heterocycles. The topological polar surface area (TPSA) is 67.2 Å². The van der Waals surface area contributed by atoms with Gasteiger partial charge in [0.1, 0.15) is 0 Å². The van der Waals surface area contributed by atoms with Gasteiger partial charge in [0.25, 0.3) is 0 Å². The van der Waals surface area contributed by atoms with Crippen LogP contribution in [0, 0.1) is 27.7 Å². The number of hydrogen-bond acceptors (Lipinski definition) is 3. The Kier molecular flexibility index (Phi) is 7.28. The highest BCUT2D eigenvalue weighted by atomic mass is 19.4. The molecule has 164 valence electrons. The second-order valence-corrected chi connectivity index (χ2v) is 7.42. The largest absolute Gasteiger partial charge is 0.471 e. The number of halogens is 3. The number of nitrogens with zero attached hydrogens (tertiary/aromatic N) is 3. The molecule has 6 nitrogen and oxygen atoms in total. The summed E-state index contributed by atoms with van der Waals surface area (Å²) in [6, 6.07) is 6.12. The van der Waals surface area contributed by atoms with E-state index in [1.54, 1.807) is 5.32 Å². The van der Waals surface area contributed by atoms with Crippen LogP contribution in [0.25, 0.3) is 5.69 Å². The number of aryl methyl sites for hydroxylation is 3. The van der Waals surface area contributed by atoms with Crippen molar-refractivity contribution in [1.29, 1.82) is 0 Å². The minimum atomic E-state index is -4.92. The number of alkyl halides is 3. The van der Waals surface area contributed by atoms with E-state index in [1.807, 2.05) is 44.5 Å². The molecule has 30 heavy (non-hydrogen) atoms. The van der Waals surface area contributed by atoms with E-state index in [0.717, 1.165) is 33.8 Å². The minimum absolute atomic E-state index is 0.000437. The van der Waals surface area contributed by atoms with E-state index >= 15 is 0 Å². The van der Waals surface area contributed by atoms with Gasteiger partial charge in [0.15, 0.2) is 0 Å². The molecular formula is C21H27F3N4O2. The van der Waals surface area contributed by atoms with Crippen molar-refractivity contribution in [2.75, 3.05) is 20.1 Å². The summed E-state index contributed by atoms with van der Waals surface area (Å²) in [5, 5.41) is 6.38. The molecule has 1 N–H and O–H groups in total. The molecule has 0 aliphatic rings. The molecule has 0 fully saturated rings. The molecule has 2 aromatic rings. The third-order valence-electron chi connectivity index (χ3n) is 5.03. The highest BCUT2D eigenvalue weighted by molar-refractivity contribution is 5.81. The number of rotatable bonds is 7. The second-order valence-electron chi connectivity index (χ2n) is 7.42. The summed E-state index contributed by atoms with van der Waals surface area (Å²) in [5.41, 5.74) is 6.01. The predicted octanol–water partition coefficient (Wildman–Crippen LogP) is 3.18. The molecular weight excluding hydrogens is 397 g/mol.